The molecular formula is C22H17N3O2S3. The Morgan fingerprint density at radius 1 is 1.17 bits per heavy atom. The minimum Gasteiger partial charge on any atom is -0.497 e. The first-order valence-corrected chi connectivity index (χ1v) is 12.0. The van der Waals surface area contributed by atoms with Gasteiger partial charge in [0.25, 0.3) is 5.56 Å². The molecule has 5 aromatic rings. The van der Waals surface area contributed by atoms with Crippen LogP contribution in [0.3, 0.4) is 0 Å². The molecule has 1 aromatic carbocycles. The van der Waals surface area contributed by atoms with E-state index in [1.165, 1.54) is 11.3 Å². The van der Waals surface area contributed by atoms with Gasteiger partial charge in [0.2, 0.25) is 0 Å². The molecule has 5 rings (SSSR count). The van der Waals surface area contributed by atoms with Crippen molar-refractivity contribution in [1.29, 1.82) is 0 Å². The Bertz CT molecular complexity index is 1390. The van der Waals surface area contributed by atoms with E-state index in [9.17, 15) is 4.79 Å². The molecule has 0 aliphatic heterocycles. The molecule has 5 nitrogen and oxygen atoms in total. The van der Waals surface area contributed by atoms with Crippen LogP contribution in [0.4, 0.5) is 0 Å². The van der Waals surface area contributed by atoms with Crippen LogP contribution in [0.1, 0.15) is 10.4 Å². The minimum atomic E-state index is -0.00968. The van der Waals surface area contributed by atoms with Gasteiger partial charge in [-0.1, -0.05) is 30.0 Å². The lowest BCUT2D eigenvalue weighted by molar-refractivity contribution is 0.414. The summed E-state index contributed by atoms with van der Waals surface area (Å²) in [5.41, 5.74) is 1.85. The predicted octanol–water partition coefficient (Wildman–Crippen LogP) is 5.42. The van der Waals surface area contributed by atoms with Crippen molar-refractivity contribution in [2.24, 2.45) is 0 Å². The predicted molar refractivity (Wildman–Crippen MR) is 125 cm³/mol. The Morgan fingerprint density at radius 2 is 2.10 bits per heavy atom. The third kappa shape index (κ3) is 3.62. The quantitative estimate of drug-likeness (QED) is 0.255. The third-order valence-corrected chi connectivity index (χ3v) is 7.71. The van der Waals surface area contributed by atoms with Gasteiger partial charge >= 0.3 is 0 Å². The summed E-state index contributed by atoms with van der Waals surface area (Å²) in [5.74, 6) is 1.52. The van der Waals surface area contributed by atoms with E-state index in [1.54, 1.807) is 41.0 Å². The van der Waals surface area contributed by atoms with Gasteiger partial charge in [0.15, 0.2) is 5.16 Å². The second-order valence-electron chi connectivity index (χ2n) is 6.64. The van der Waals surface area contributed by atoms with Gasteiger partial charge in [-0.15, -0.1) is 22.7 Å². The number of methoxy groups -OCH3 is 1. The van der Waals surface area contributed by atoms with Crippen LogP contribution < -0.4 is 10.3 Å². The molecule has 0 fully saturated rings. The number of fused-ring (bicyclic) bond motifs is 3. The van der Waals surface area contributed by atoms with Crippen molar-refractivity contribution in [2.75, 3.05) is 7.11 Å². The average molecular weight is 452 g/mol. The van der Waals surface area contributed by atoms with E-state index < -0.39 is 0 Å². The molecule has 150 valence electrons. The molecule has 0 amide bonds. The summed E-state index contributed by atoms with van der Waals surface area (Å²) in [6, 6.07) is 15.9. The maximum Gasteiger partial charge on any atom is 0.272 e. The number of rotatable bonds is 6. The highest BCUT2D eigenvalue weighted by atomic mass is 32.2. The second kappa shape index (κ2) is 8.22. The number of nitrogens with zero attached hydrogens (tertiary/aromatic N) is 3. The molecule has 30 heavy (non-hydrogen) atoms. The summed E-state index contributed by atoms with van der Waals surface area (Å²) in [4.78, 5) is 24.8. The van der Waals surface area contributed by atoms with Gasteiger partial charge < -0.3 is 4.74 Å². The summed E-state index contributed by atoms with van der Waals surface area (Å²) < 4.78 is 7.78. The molecule has 0 aliphatic carbocycles. The summed E-state index contributed by atoms with van der Waals surface area (Å²) >= 11 is 4.62. The Morgan fingerprint density at radius 3 is 2.93 bits per heavy atom. The monoisotopic (exact) mass is 451 g/mol. The van der Waals surface area contributed by atoms with E-state index in [-0.39, 0.29) is 5.56 Å². The number of ether oxygens (including phenoxy) is 1. The largest absolute Gasteiger partial charge is 0.497 e. The highest BCUT2D eigenvalue weighted by Crippen LogP contribution is 2.32. The highest BCUT2D eigenvalue weighted by Gasteiger charge is 2.17. The zero-order valence-corrected chi connectivity index (χ0v) is 18.5. The van der Waals surface area contributed by atoms with Gasteiger partial charge in [0.05, 0.1) is 19.2 Å². The fourth-order valence-electron chi connectivity index (χ4n) is 3.26. The van der Waals surface area contributed by atoms with Gasteiger partial charge in [-0.05, 0) is 41.3 Å². The van der Waals surface area contributed by atoms with Crippen LogP contribution in [-0.2, 0) is 12.3 Å². The van der Waals surface area contributed by atoms with Crippen molar-refractivity contribution < 1.29 is 4.74 Å². The molecule has 4 aromatic heterocycles. The summed E-state index contributed by atoms with van der Waals surface area (Å²) in [5, 5.41) is 3.67. The minimum absolute atomic E-state index is 0.00968. The summed E-state index contributed by atoms with van der Waals surface area (Å²) in [7, 11) is 1.66. The fourth-order valence-corrected chi connectivity index (χ4v) is 5.92. The van der Waals surface area contributed by atoms with Gasteiger partial charge in [-0.3, -0.25) is 9.36 Å². The first-order chi connectivity index (χ1) is 14.7. The van der Waals surface area contributed by atoms with E-state index in [1.807, 2.05) is 47.8 Å². The SMILES string of the molecule is COc1cccc(CSc2nc3c(sc4ncccc43)c(=O)n2Cc2cccs2)c1. The maximum absolute atomic E-state index is 13.4. The average Bonchev–Trinajstić information content (AvgIpc) is 3.42. The standard InChI is InChI=1S/C22H17N3O2S3/c1-27-15-6-2-5-14(11-15)13-29-22-24-18-17-8-3-9-23-20(17)30-19(18)21(26)25(22)12-16-7-4-10-28-16/h2-11H,12-13H2,1H3. The molecule has 0 bridgehead atoms. The first-order valence-electron chi connectivity index (χ1n) is 9.29. The van der Waals surface area contributed by atoms with Crippen LogP contribution in [-0.4, -0.2) is 21.6 Å². The van der Waals surface area contributed by atoms with E-state index >= 15 is 0 Å². The fraction of sp³-hybridized carbons (Fsp3) is 0.136. The number of pyridine rings is 1. The molecule has 0 aliphatic rings. The zero-order chi connectivity index (χ0) is 20.5. The molecule has 0 N–H and O–H groups in total. The topological polar surface area (TPSA) is 57.0 Å². The van der Waals surface area contributed by atoms with Crippen molar-refractivity contribution in [3.63, 3.8) is 0 Å². The van der Waals surface area contributed by atoms with Crippen LogP contribution in [0, 0.1) is 0 Å². The molecule has 0 saturated carbocycles. The molecule has 0 saturated heterocycles. The van der Waals surface area contributed by atoms with Crippen LogP contribution >= 0.6 is 34.4 Å². The normalized spacial score (nSPS) is 11.4. The number of thioether (sulfide) groups is 1. The van der Waals surface area contributed by atoms with Gasteiger partial charge in [0.1, 0.15) is 15.3 Å². The molecule has 8 heteroatoms. The van der Waals surface area contributed by atoms with Gasteiger partial charge in [-0.25, -0.2) is 9.97 Å². The van der Waals surface area contributed by atoms with E-state index in [4.69, 9.17) is 9.72 Å². The Hall–Kier alpha value is -2.68. The van der Waals surface area contributed by atoms with Crippen molar-refractivity contribution in [2.45, 2.75) is 17.5 Å². The van der Waals surface area contributed by atoms with Crippen molar-refractivity contribution >= 4 is 54.9 Å². The molecule has 4 heterocycles. The van der Waals surface area contributed by atoms with E-state index in [2.05, 4.69) is 11.1 Å². The Labute approximate surface area is 185 Å². The number of benzene rings is 1. The van der Waals surface area contributed by atoms with E-state index in [0.717, 1.165) is 31.9 Å². The molecular weight excluding hydrogens is 434 g/mol. The molecule has 0 radical (unpaired) electrons. The summed E-state index contributed by atoms with van der Waals surface area (Å²) in [6.07, 6.45) is 1.75. The molecule has 0 spiro atoms. The number of aromatic nitrogens is 3. The summed E-state index contributed by atoms with van der Waals surface area (Å²) in [6.45, 7) is 0.515. The van der Waals surface area contributed by atoms with Crippen LogP contribution in [0.2, 0.25) is 0 Å². The maximum atomic E-state index is 13.4. The highest BCUT2D eigenvalue weighted by molar-refractivity contribution is 7.98. The van der Waals surface area contributed by atoms with Crippen LogP contribution in [0.25, 0.3) is 20.4 Å². The lowest BCUT2D eigenvalue weighted by atomic mass is 10.2. The van der Waals surface area contributed by atoms with Crippen molar-refractivity contribution in [3.05, 3.63) is 80.9 Å². The Kier molecular flexibility index (Phi) is 5.28. The first kappa shape index (κ1) is 19.3. The lowest BCUT2D eigenvalue weighted by Gasteiger charge is -2.11. The molecule has 0 unspecified atom stereocenters. The second-order valence-corrected chi connectivity index (χ2v) is 9.61. The Balaban J connectivity index is 1.61. The van der Waals surface area contributed by atoms with E-state index in [0.29, 0.717) is 22.2 Å². The third-order valence-electron chi connectivity index (χ3n) is 4.71. The van der Waals surface area contributed by atoms with Crippen LogP contribution in [0.5, 0.6) is 5.75 Å². The van der Waals surface area contributed by atoms with Crippen molar-refractivity contribution in [1.82, 2.24) is 14.5 Å². The van der Waals surface area contributed by atoms with Gasteiger partial charge in [-0.2, -0.15) is 0 Å². The zero-order valence-electron chi connectivity index (χ0n) is 16.1. The van der Waals surface area contributed by atoms with Crippen molar-refractivity contribution in [3.8, 4) is 5.75 Å². The number of hydrogen-bond acceptors (Lipinski definition) is 7. The van der Waals surface area contributed by atoms with Crippen LogP contribution in [0.15, 0.2) is 70.1 Å². The van der Waals surface area contributed by atoms with Gasteiger partial charge in [0, 0.05) is 22.2 Å². The molecule has 0 atom stereocenters. The number of thiophene rings is 2. The lowest BCUT2D eigenvalue weighted by Crippen LogP contribution is -2.22. The smallest absolute Gasteiger partial charge is 0.272 e. The number of hydrogen-bond donors (Lipinski definition) is 0.